The molecule has 0 aromatic carbocycles. The van der Waals surface area contributed by atoms with Crippen LogP contribution in [0.2, 0.25) is 0 Å². The highest BCUT2D eigenvalue weighted by Crippen LogP contribution is 2.28. The Morgan fingerprint density at radius 2 is 2.12 bits per heavy atom. The van der Waals surface area contributed by atoms with Crippen LogP contribution in [0.5, 0.6) is 0 Å². The van der Waals surface area contributed by atoms with Crippen molar-refractivity contribution in [3.8, 4) is 6.07 Å². The Morgan fingerprint density at radius 1 is 1.29 bits per heavy atom. The molecule has 2 aromatic rings. The van der Waals surface area contributed by atoms with Gasteiger partial charge < -0.3 is 14.4 Å². The highest BCUT2D eigenvalue weighted by molar-refractivity contribution is 5.68. The van der Waals surface area contributed by atoms with Crippen molar-refractivity contribution in [2.45, 2.75) is 25.4 Å². The number of aromatic amines is 1. The molecule has 1 unspecified atom stereocenters. The summed E-state index contributed by atoms with van der Waals surface area (Å²) >= 11 is 0. The van der Waals surface area contributed by atoms with Crippen molar-refractivity contribution in [3.05, 3.63) is 27.7 Å². The molecule has 0 radical (unpaired) electrons. The maximum Gasteiger partial charge on any atom is 0.273 e. The molecular weight excluding hydrogens is 310 g/mol. The minimum absolute atomic E-state index is 0.162. The average molecular weight is 329 g/mol. The molecular formula is C16H19N5O3. The third-order valence-electron chi connectivity index (χ3n) is 4.57. The van der Waals surface area contributed by atoms with Gasteiger partial charge in [-0.3, -0.25) is 9.89 Å². The zero-order valence-corrected chi connectivity index (χ0v) is 13.3. The summed E-state index contributed by atoms with van der Waals surface area (Å²) in [5.74, 6) is 0.632. The van der Waals surface area contributed by atoms with Gasteiger partial charge >= 0.3 is 0 Å². The number of morpholine rings is 1. The van der Waals surface area contributed by atoms with Crippen molar-refractivity contribution < 1.29 is 9.47 Å². The average Bonchev–Trinajstić information content (AvgIpc) is 3.02. The van der Waals surface area contributed by atoms with E-state index >= 15 is 0 Å². The Balaban J connectivity index is 1.81. The summed E-state index contributed by atoms with van der Waals surface area (Å²) in [6.45, 7) is 3.24. The maximum absolute atomic E-state index is 12.5. The van der Waals surface area contributed by atoms with E-state index in [-0.39, 0.29) is 11.7 Å². The molecule has 2 saturated heterocycles. The van der Waals surface area contributed by atoms with E-state index in [4.69, 9.17) is 9.47 Å². The van der Waals surface area contributed by atoms with Crippen LogP contribution in [-0.4, -0.2) is 47.5 Å². The molecule has 126 valence electrons. The minimum atomic E-state index is -0.222. The molecule has 1 N–H and O–H groups in total. The van der Waals surface area contributed by atoms with Crippen molar-refractivity contribution in [1.29, 1.82) is 5.26 Å². The first kappa shape index (κ1) is 15.2. The summed E-state index contributed by atoms with van der Waals surface area (Å²) in [5.41, 5.74) is 1.16. The smallest absolute Gasteiger partial charge is 0.273 e. The van der Waals surface area contributed by atoms with Crippen LogP contribution in [0.15, 0.2) is 10.9 Å². The van der Waals surface area contributed by atoms with Gasteiger partial charge in [-0.05, 0) is 19.3 Å². The normalized spacial score (nSPS) is 21.8. The van der Waals surface area contributed by atoms with Crippen molar-refractivity contribution >= 4 is 11.5 Å². The van der Waals surface area contributed by atoms with Gasteiger partial charge in [0.25, 0.3) is 5.56 Å². The molecule has 4 heterocycles. The van der Waals surface area contributed by atoms with Crippen LogP contribution in [0.4, 0.5) is 5.82 Å². The molecule has 8 nitrogen and oxygen atoms in total. The Labute approximate surface area is 138 Å². The predicted molar refractivity (Wildman–Crippen MR) is 86.1 cm³/mol. The van der Waals surface area contributed by atoms with E-state index in [1.807, 2.05) is 4.90 Å². The zero-order valence-electron chi connectivity index (χ0n) is 13.3. The van der Waals surface area contributed by atoms with Gasteiger partial charge in [-0.1, -0.05) is 0 Å². The van der Waals surface area contributed by atoms with Gasteiger partial charge in [0, 0.05) is 25.8 Å². The number of H-pyrrole nitrogens is 1. The molecule has 2 aliphatic heterocycles. The zero-order chi connectivity index (χ0) is 16.5. The van der Waals surface area contributed by atoms with Gasteiger partial charge in [-0.25, -0.2) is 4.98 Å². The number of nitriles is 1. The molecule has 2 fully saturated rings. The standard InChI is InChI=1S/C16H19N5O3/c17-10-11-15-18-12(13-3-1-2-6-24-13)9-14(22)21(15)19-16(11)20-4-7-23-8-5-20/h9,13,19H,1-8H2. The number of nitrogens with zero attached hydrogens (tertiary/aromatic N) is 4. The van der Waals surface area contributed by atoms with E-state index in [2.05, 4.69) is 16.2 Å². The van der Waals surface area contributed by atoms with E-state index in [0.29, 0.717) is 55.6 Å². The number of hydrogen-bond donors (Lipinski definition) is 1. The number of anilines is 1. The van der Waals surface area contributed by atoms with Gasteiger partial charge in [-0.15, -0.1) is 0 Å². The summed E-state index contributed by atoms with van der Waals surface area (Å²) < 4.78 is 12.4. The van der Waals surface area contributed by atoms with Crippen molar-refractivity contribution in [1.82, 2.24) is 14.6 Å². The lowest BCUT2D eigenvalue weighted by Crippen LogP contribution is -2.37. The summed E-state index contributed by atoms with van der Waals surface area (Å²) in [6, 6.07) is 3.70. The lowest BCUT2D eigenvalue weighted by Gasteiger charge is -2.27. The Bertz CT molecular complexity index is 838. The van der Waals surface area contributed by atoms with Crippen molar-refractivity contribution in [2.24, 2.45) is 0 Å². The molecule has 0 bridgehead atoms. The fourth-order valence-electron chi connectivity index (χ4n) is 3.30. The number of nitrogens with one attached hydrogen (secondary N) is 1. The number of rotatable bonds is 2. The molecule has 4 rings (SSSR count). The third-order valence-corrected chi connectivity index (χ3v) is 4.57. The molecule has 1 atom stereocenters. The van der Waals surface area contributed by atoms with E-state index in [1.54, 1.807) is 0 Å². The molecule has 0 saturated carbocycles. The second-order valence-electron chi connectivity index (χ2n) is 6.08. The number of ether oxygens (including phenoxy) is 2. The van der Waals surface area contributed by atoms with Crippen LogP contribution in [0.25, 0.3) is 5.65 Å². The molecule has 2 aromatic heterocycles. The molecule has 24 heavy (non-hydrogen) atoms. The fourth-order valence-corrected chi connectivity index (χ4v) is 3.30. The van der Waals surface area contributed by atoms with Crippen LogP contribution in [0, 0.1) is 11.3 Å². The maximum atomic E-state index is 12.5. The van der Waals surface area contributed by atoms with Crippen LogP contribution in [0.3, 0.4) is 0 Å². The van der Waals surface area contributed by atoms with Gasteiger partial charge in [0.2, 0.25) is 0 Å². The minimum Gasteiger partial charge on any atom is -0.378 e. The Hall–Kier alpha value is -2.37. The fraction of sp³-hybridized carbons (Fsp3) is 0.562. The largest absolute Gasteiger partial charge is 0.378 e. The monoisotopic (exact) mass is 329 g/mol. The number of aromatic nitrogens is 3. The molecule has 8 heteroatoms. The second kappa shape index (κ2) is 6.26. The van der Waals surface area contributed by atoms with E-state index < -0.39 is 0 Å². The first-order chi connectivity index (χ1) is 11.8. The van der Waals surface area contributed by atoms with Gasteiger partial charge in [-0.2, -0.15) is 9.78 Å². The lowest BCUT2D eigenvalue weighted by atomic mass is 10.1. The first-order valence-corrected chi connectivity index (χ1v) is 8.28. The van der Waals surface area contributed by atoms with Crippen LogP contribution < -0.4 is 10.5 Å². The second-order valence-corrected chi connectivity index (χ2v) is 6.08. The summed E-state index contributed by atoms with van der Waals surface area (Å²) in [4.78, 5) is 19.1. The van der Waals surface area contributed by atoms with E-state index in [1.165, 1.54) is 10.6 Å². The van der Waals surface area contributed by atoms with Crippen molar-refractivity contribution in [2.75, 3.05) is 37.8 Å². The molecule has 2 aliphatic rings. The third kappa shape index (κ3) is 2.56. The lowest BCUT2D eigenvalue weighted by molar-refractivity contribution is 0.0123. The number of hydrogen-bond acceptors (Lipinski definition) is 6. The van der Waals surface area contributed by atoms with Gasteiger partial charge in [0.05, 0.1) is 25.0 Å². The van der Waals surface area contributed by atoms with Crippen LogP contribution >= 0.6 is 0 Å². The molecule has 0 spiro atoms. The summed E-state index contributed by atoms with van der Waals surface area (Å²) in [6.07, 6.45) is 2.78. The molecule has 0 aliphatic carbocycles. The van der Waals surface area contributed by atoms with Crippen LogP contribution in [0.1, 0.15) is 36.6 Å². The van der Waals surface area contributed by atoms with Crippen molar-refractivity contribution in [3.63, 3.8) is 0 Å². The van der Waals surface area contributed by atoms with Gasteiger partial charge in [0.15, 0.2) is 5.65 Å². The number of fused-ring (bicyclic) bond motifs is 1. The van der Waals surface area contributed by atoms with E-state index in [9.17, 15) is 10.1 Å². The summed E-state index contributed by atoms with van der Waals surface area (Å²) in [5, 5.41) is 12.6. The quantitative estimate of drug-likeness (QED) is 0.882. The van der Waals surface area contributed by atoms with Crippen LogP contribution in [-0.2, 0) is 9.47 Å². The SMILES string of the molecule is N#Cc1c(N2CCOCC2)[nH]n2c(=O)cc(C3CCCCO3)nc12. The predicted octanol–water partition coefficient (Wildman–Crippen LogP) is 0.972. The highest BCUT2D eigenvalue weighted by Gasteiger charge is 2.24. The molecule has 0 amide bonds. The Morgan fingerprint density at radius 3 is 2.83 bits per heavy atom. The summed E-state index contributed by atoms with van der Waals surface area (Å²) in [7, 11) is 0. The van der Waals surface area contributed by atoms with E-state index in [0.717, 1.165) is 19.3 Å². The Kier molecular flexibility index (Phi) is 3.96. The van der Waals surface area contributed by atoms with Gasteiger partial charge in [0.1, 0.15) is 17.5 Å². The highest BCUT2D eigenvalue weighted by atomic mass is 16.5. The topological polar surface area (TPSA) is 95.7 Å². The first-order valence-electron chi connectivity index (χ1n) is 8.28.